The zero-order chi connectivity index (χ0) is 16.5. The minimum absolute atomic E-state index is 0.274. The van der Waals surface area contributed by atoms with Gasteiger partial charge in [-0.3, -0.25) is 25.0 Å². The Balaban J connectivity index is 0.000000224. The maximum Gasteiger partial charge on any atom is 0.276 e. The molecule has 2 aromatic carbocycles. The Kier molecular flexibility index (Phi) is 6.17. The van der Waals surface area contributed by atoms with Gasteiger partial charge in [0.1, 0.15) is 12.0 Å². The number of rotatable bonds is 4. The number of nitro groups is 2. The van der Waals surface area contributed by atoms with Crippen LogP contribution in [0.3, 0.4) is 0 Å². The number of aldehydes is 1. The lowest BCUT2D eigenvalue weighted by Crippen LogP contribution is -1.91. The van der Waals surface area contributed by atoms with E-state index in [1.807, 2.05) is 0 Å². The van der Waals surface area contributed by atoms with Crippen molar-refractivity contribution in [1.29, 1.82) is 0 Å². The molecule has 0 unspecified atom stereocenters. The van der Waals surface area contributed by atoms with Gasteiger partial charge in [-0.2, -0.15) is 0 Å². The molecule has 0 saturated carbocycles. The molecule has 2 rings (SSSR count). The van der Waals surface area contributed by atoms with Gasteiger partial charge in [0, 0.05) is 17.7 Å². The molecule has 0 bridgehead atoms. The van der Waals surface area contributed by atoms with Crippen LogP contribution in [0, 0.1) is 20.2 Å². The van der Waals surface area contributed by atoms with Gasteiger partial charge in [-0.05, 0) is 30.3 Å². The summed E-state index contributed by atoms with van der Waals surface area (Å²) in [7, 11) is 1.59. The second-order valence-corrected chi connectivity index (χ2v) is 3.93. The van der Waals surface area contributed by atoms with E-state index in [9.17, 15) is 25.0 Å². The third-order valence-electron chi connectivity index (χ3n) is 2.50. The molecule has 8 nitrogen and oxygen atoms in total. The molecule has 8 heteroatoms. The average molecular weight is 304 g/mol. The first-order chi connectivity index (χ1) is 10.5. The van der Waals surface area contributed by atoms with Crippen molar-refractivity contribution in [3.05, 3.63) is 74.3 Å². The minimum atomic E-state index is -0.674. The fourth-order valence-corrected chi connectivity index (χ4v) is 1.40. The largest absolute Gasteiger partial charge is 0.497 e. The van der Waals surface area contributed by atoms with Crippen molar-refractivity contribution < 1.29 is 19.4 Å². The molecule has 0 amide bonds. The third kappa shape index (κ3) is 5.00. The van der Waals surface area contributed by atoms with Crippen LogP contribution in [0.15, 0.2) is 48.5 Å². The maximum absolute atomic E-state index is 10.2. The first-order valence-corrected chi connectivity index (χ1v) is 5.96. The number of non-ortho nitro benzene ring substituents is 2. The predicted molar refractivity (Wildman–Crippen MR) is 78.1 cm³/mol. The number of carbonyl (C=O) groups is 1. The Bertz CT molecular complexity index is 640. The molecule has 0 aliphatic rings. The number of carbonyl (C=O) groups excluding carboxylic acids is 1. The minimum Gasteiger partial charge on any atom is -0.497 e. The maximum atomic E-state index is 10.2. The highest BCUT2D eigenvalue weighted by Crippen LogP contribution is 2.18. The summed E-state index contributed by atoms with van der Waals surface area (Å²) in [5.74, 6) is 0.769. The molecule has 0 atom stereocenters. The number of hydrogen-bond donors (Lipinski definition) is 0. The van der Waals surface area contributed by atoms with E-state index in [1.54, 1.807) is 31.4 Å². The van der Waals surface area contributed by atoms with Crippen molar-refractivity contribution in [3.8, 4) is 5.75 Å². The summed E-state index contributed by atoms with van der Waals surface area (Å²) >= 11 is 0. The lowest BCUT2D eigenvalue weighted by Gasteiger charge is -1.96. The molecule has 0 aliphatic carbocycles. The van der Waals surface area contributed by atoms with Gasteiger partial charge in [-0.1, -0.05) is 0 Å². The van der Waals surface area contributed by atoms with Gasteiger partial charge in [0.25, 0.3) is 11.4 Å². The first-order valence-electron chi connectivity index (χ1n) is 5.96. The molecular weight excluding hydrogens is 292 g/mol. The van der Waals surface area contributed by atoms with Crippen molar-refractivity contribution in [2.45, 2.75) is 0 Å². The van der Waals surface area contributed by atoms with E-state index in [0.29, 0.717) is 5.56 Å². The van der Waals surface area contributed by atoms with Crippen LogP contribution in [0.25, 0.3) is 0 Å². The van der Waals surface area contributed by atoms with E-state index in [1.165, 1.54) is 18.2 Å². The molecule has 114 valence electrons. The molecule has 0 heterocycles. The van der Waals surface area contributed by atoms with Gasteiger partial charge in [0.15, 0.2) is 0 Å². The van der Waals surface area contributed by atoms with Crippen LogP contribution in [-0.4, -0.2) is 23.2 Å². The van der Waals surface area contributed by atoms with E-state index in [2.05, 4.69) is 0 Å². The summed E-state index contributed by atoms with van der Waals surface area (Å²) < 4.78 is 4.90. The Hall–Kier alpha value is -3.29. The average Bonchev–Trinajstić information content (AvgIpc) is 2.55. The predicted octanol–water partition coefficient (Wildman–Crippen LogP) is 3.01. The summed E-state index contributed by atoms with van der Waals surface area (Å²) in [6.07, 6.45) is 0.805. The number of nitro benzene ring substituents is 2. The standard InChI is InChI=1S/C8H8O2.C6H4N2O4/c1-10-8-4-2-7(6-9)3-5-8;9-7(10)5-2-1-3-6(4-5)8(11)12/h2-6H,1H3;1-4H. The first kappa shape index (κ1) is 16.8. The molecule has 2 aromatic rings. The Morgan fingerprint density at radius 2 is 1.45 bits per heavy atom. The highest BCUT2D eigenvalue weighted by Gasteiger charge is 2.11. The number of hydrogen-bond acceptors (Lipinski definition) is 6. The van der Waals surface area contributed by atoms with E-state index in [0.717, 1.165) is 18.1 Å². The summed E-state index contributed by atoms with van der Waals surface area (Å²) in [6.45, 7) is 0. The molecular formula is C14H12N2O6. The molecule has 0 radical (unpaired) electrons. The van der Waals surface area contributed by atoms with Gasteiger partial charge in [0.05, 0.1) is 23.0 Å². The molecule has 0 N–H and O–H groups in total. The molecule has 0 saturated heterocycles. The molecule has 0 aliphatic heterocycles. The highest BCUT2D eigenvalue weighted by molar-refractivity contribution is 5.74. The van der Waals surface area contributed by atoms with Gasteiger partial charge < -0.3 is 4.74 Å². The summed E-state index contributed by atoms with van der Waals surface area (Å²) in [6, 6.07) is 11.5. The molecule has 0 spiro atoms. The van der Waals surface area contributed by atoms with Crippen molar-refractivity contribution in [3.63, 3.8) is 0 Å². The van der Waals surface area contributed by atoms with Crippen LogP contribution >= 0.6 is 0 Å². The van der Waals surface area contributed by atoms with Crippen LogP contribution in [0.1, 0.15) is 10.4 Å². The topological polar surface area (TPSA) is 113 Å². The SMILES string of the molecule is COc1ccc(C=O)cc1.O=[N+]([O-])c1cccc([N+](=O)[O-])c1. The smallest absolute Gasteiger partial charge is 0.276 e. The summed E-state index contributed by atoms with van der Waals surface area (Å²) in [5, 5.41) is 20.3. The van der Waals surface area contributed by atoms with Crippen LogP contribution in [0.2, 0.25) is 0 Å². The van der Waals surface area contributed by atoms with Crippen molar-refractivity contribution in [1.82, 2.24) is 0 Å². The normalized spacial score (nSPS) is 9.14. The van der Waals surface area contributed by atoms with Crippen LogP contribution in [-0.2, 0) is 0 Å². The van der Waals surface area contributed by atoms with E-state index in [-0.39, 0.29) is 11.4 Å². The van der Waals surface area contributed by atoms with Crippen LogP contribution in [0.4, 0.5) is 11.4 Å². The zero-order valence-corrected chi connectivity index (χ0v) is 11.5. The van der Waals surface area contributed by atoms with E-state index < -0.39 is 9.85 Å². The van der Waals surface area contributed by atoms with E-state index >= 15 is 0 Å². The highest BCUT2D eigenvalue weighted by atomic mass is 16.6. The van der Waals surface area contributed by atoms with Crippen molar-refractivity contribution in [2.75, 3.05) is 7.11 Å². The Morgan fingerprint density at radius 1 is 0.955 bits per heavy atom. The van der Waals surface area contributed by atoms with Crippen molar-refractivity contribution >= 4 is 17.7 Å². The second-order valence-electron chi connectivity index (χ2n) is 3.93. The van der Waals surface area contributed by atoms with Crippen LogP contribution in [0.5, 0.6) is 5.75 Å². The summed E-state index contributed by atoms with van der Waals surface area (Å²) in [5.41, 5.74) is 0.120. The van der Waals surface area contributed by atoms with Gasteiger partial charge >= 0.3 is 0 Å². The van der Waals surface area contributed by atoms with Crippen LogP contribution < -0.4 is 4.74 Å². The fraction of sp³-hybridized carbons (Fsp3) is 0.0714. The monoisotopic (exact) mass is 304 g/mol. The molecule has 0 aromatic heterocycles. The van der Waals surface area contributed by atoms with Crippen molar-refractivity contribution in [2.24, 2.45) is 0 Å². The molecule has 0 fully saturated rings. The van der Waals surface area contributed by atoms with Gasteiger partial charge in [-0.25, -0.2) is 0 Å². The number of ether oxygens (including phenoxy) is 1. The Morgan fingerprint density at radius 3 is 1.82 bits per heavy atom. The lowest BCUT2D eigenvalue weighted by atomic mass is 10.2. The molecule has 22 heavy (non-hydrogen) atoms. The second kappa shape index (κ2) is 8.10. The number of benzene rings is 2. The zero-order valence-electron chi connectivity index (χ0n) is 11.5. The third-order valence-corrected chi connectivity index (χ3v) is 2.50. The quantitative estimate of drug-likeness (QED) is 0.487. The number of methoxy groups -OCH3 is 1. The fourth-order valence-electron chi connectivity index (χ4n) is 1.40. The Labute approximate surface area is 125 Å². The van der Waals surface area contributed by atoms with E-state index in [4.69, 9.17) is 4.74 Å². The summed E-state index contributed by atoms with van der Waals surface area (Å²) in [4.78, 5) is 29.1. The van der Waals surface area contributed by atoms with Gasteiger partial charge in [-0.15, -0.1) is 0 Å². The number of nitrogens with zero attached hydrogens (tertiary/aromatic N) is 2. The van der Waals surface area contributed by atoms with Gasteiger partial charge in [0.2, 0.25) is 0 Å². The lowest BCUT2D eigenvalue weighted by molar-refractivity contribution is -0.394.